The summed E-state index contributed by atoms with van der Waals surface area (Å²) in [5.74, 6) is -0.496. The number of amides is 1. The molecule has 2 rings (SSSR count). The van der Waals surface area contributed by atoms with Crippen molar-refractivity contribution >= 4 is 16.9 Å². The molecule has 0 saturated heterocycles. The van der Waals surface area contributed by atoms with E-state index in [1.165, 1.54) is 7.11 Å². The highest BCUT2D eigenvalue weighted by Crippen LogP contribution is 2.18. The molecule has 0 saturated carbocycles. The summed E-state index contributed by atoms with van der Waals surface area (Å²) in [6, 6.07) is 5.54. The topological polar surface area (TPSA) is 81.0 Å². The second-order valence-corrected chi connectivity index (χ2v) is 2.81. The van der Waals surface area contributed by atoms with Crippen LogP contribution in [0.15, 0.2) is 18.2 Å². The predicted molar refractivity (Wildman–Crippen MR) is 51.2 cm³/mol. The first-order valence-electron chi connectivity index (χ1n) is 4.05. The summed E-state index contributed by atoms with van der Waals surface area (Å²) < 4.78 is 4.92. The predicted octanol–water partition coefficient (Wildman–Crippen LogP) is 0.670. The third kappa shape index (κ3) is 1.19. The van der Waals surface area contributed by atoms with Gasteiger partial charge in [0.05, 0.1) is 18.2 Å². The van der Waals surface area contributed by atoms with Crippen LogP contribution in [-0.2, 0) is 0 Å². The second kappa shape index (κ2) is 3.02. The zero-order valence-corrected chi connectivity index (χ0v) is 7.57. The SMILES string of the molecule is COc1nc2c(C(N)=O)cccc2[nH]1. The lowest BCUT2D eigenvalue weighted by atomic mass is 10.2. The monoisotopic (exact) mass is 191 g/mol. The van der Waals surface area contributed by atoms with Crippen molar-refractivity contribution in [3.8, 4) is 6.01 Å². The number of methoxy groups -OCH3 is 1. The van der Waals surface area contributed by atoms with E-state index in [0.29, 0.717) is 17.1 Å². The molecule has 1 amide bonds. The minimum Gasteiger partial charge on any atom is -0.468 e. The van der Waals surface area contributed by atoms with Crippen molar-refractivity contribution in [3.05, 3.63) is 23.8 Å². The number of rotatable bonds is 2. The number of ether oxygens (including phenoxy) is 1. The Morgan fingerprint density at radius 2 is 2.36 bits per heavy atom. The molecule has 0 spiro atoms. The number of H-pyrrole nitrogens is 1. The van der Waals surface area contributed by atoms with Gasteiger partial charge in [0, 0.05) is 0 Å². The first-order valence-corrected chi connectivity index (χ1v) is 4.05. The van der Waals surface area contributed by atoms with Crippen LogP contribution in [0, 0.1) is 0 Å². The van der Waals surface area contributed by atoms with Gasteiger partial charge in [-0.2, -0.15) is 4.98 Å². The van der Waals surface area contributed by atoms with Crippen molar-refractivity contribution in [1.82, 2.24) is 9.97 Å². The molecule has 0 aliphatic heterocycles. The number of imidazole rings is 1. The van der Waals surface area contributed by atoms with Gasteiger partial charge in [-0.05, 0) is 12.1 Å². The number of primary amides is 1. The van der Waals surface area contributed by atoms with E-state index in [4.69, 9.17) is 10.5 Å². The van der Waals surface area contributed by atoms with Gasteiger partial charge in [-0.3, -0.25) is 4.79 Å². The molecule has 0 aliphatic rings. The number of para-hydroxylation sites is 1. The third-order valence-corrected chi connectivity index (χ3v) is 1.95. The van der Waals surface area contributed by atoms with Crippen LogP contribution in [0.25, 0.3) is 11.0 Å². The number of carbonyl (C=O) groups excluding carboxylic acids is 1. The van der Waals surface area contributed by atoms with E-state index < -0.39 is 5.91 Å². The maximum Gasteiger partial charge on any atom is 0.294 e. The zero-order chi connectivity index (χ0) is 10.1. The molecule has 1 aromatic heterocycles. The van der Waals surface area contributed by atoms with Crippen LogP contribution in [0.5, 0.6) is 6.01 Å². The number of nitrogens with two attached hydrogens (primary N) is 1. The minimum atomic E-state index is -0.496. The summed E-state index contributed by atoms with van der Waals surface area (Å²) in [7, 11) is 1.50. The summed E-state index contributed by atoms with van der Waals surface area (Å²) in [6.07, 6.45) is 0. The summed E-state index contributed by atoms with van der Waals surface area (Å²) in [6.45, 7) is 0. The van der Waals surface area contributed by atoms with E-state index in [2.05, 4.69) is 9.97 Å². The van der Waals surface area contributed by atoms with Crippen molar-refractivity contribution in [3.63, 3.8) is 0 Å². The second-order valence-electron chi connectivity index (χ2n) is 2.81. The van der Waals surface area contributed by atoms with E-state index in [1.54, 1.807) is 18.2 Å². The number of aromatic nitrogens is 2. The quantitative estimate of drug-likeness (QED) is 0.732. The average molecular weight is 191 g/mol. The van der Waals surface area contributed by atoms with Gasteiger partial charge in [-0.25, -0.2) is 0 Å². The smallest absolute Gasteiger partial charge is 0.294 e. The molecule has 0 aliphatic carbocycles. The Hall–Kier alpha value is -2.04. The number of benzene rings is 1. The van der Waals surface area contributed by atoms with Crippen LogP contribution in [0.2, 0.25) is 0 Å². The Morgan fingerprint density at radius 1 is 1.57 bits per heavy atom. The molecule has 0 unspecified atom stereocenters. The van der Waals surface area contributed by atoms with Crippen molar-refractivity contribution < 1.29 is 9.53 Å². The molecule has 1 heterocycles. The minimum absolute atomic E-state index is 0.369. The highest BCUT2D eigenvalue weighted by Gasteiger charge is 2.10. The lowest BCUT2D eigenvalue weighted by Crippen LogP contribution is -2.11. The van der Waals surface area contributed by atoms with Gasteiger partial charge in [0.15, 0.2) is 0 Å². The molecular weight excluding hydrogens is 182 g/mol. The van der Waals surface area contributed by atoms with E-state index in [9.17, 15) is 4.79 Å². The Kier molecular flexibility index (Phi) is 1.85. The standard InChI is InChI=1S/C9H9N3O2/c1-14-9-11-6-4-2-3-5(8(10)13)7(6)12-9/h2-4H,1H3,(H2,10,13)(H,11,12). The van der Waals surface area contributed by atoms with Crippen LogP contribution in [0.4, 0.5) is 0 Å². The van der Waals surface area contributed by atoms with Gasteiger partial charge in [-0.15, -0.1) is 0 Å². The maximum atomic E-state index is 11.0. The lowest BCUT2D eigenvalue weighted by Gasteiger charge is -1.94. The normalized spacial score (nSPS) is 10.4. The molecule has 1 aromatic carbocycles. The Bertz CT molecular complexity index is 490. The van der Waals surface area contributed by atoms with Crippen molar-refractivity contribution in [2.75, 3.05) is 7.11 Å². The third-order valence-electron chi connectivity index (χ3n) is 1.95. The number of hydrogen-bond donors (Lipinski definition) is 2. The summed E-state index contributed by atoms with van der Waals surface area (Å²) in [4.78, 5) is 18.0. The summed E-state index contributed by atoms with van der Waals surface area (Å²) in [5, 5.41) is 0. The van der Waals surface area contributed by atoms with Gasteiger partial charge in [-0.1, -0.05) is 6.07 Å². The zero-order valence-electron chi connectivity index (χ0n) is 7.57. The number of fused-ring (bicyclic) bond motifs is 1. The molecule has 0 radical (unpaired) electrons. The Balaban J connectivity index is 2.73. The molecule has 0 atom stereocenters. The molecule has 0 fully saturated rings. The number of hydrogen-bond acceptors (Lipinski definition) is 3. The molecule has 5 nitrogen and oxygen atoms in total. The fourth-order valence-electron chi connectivity index (χ4n) is 1.31. The van der Waals surface area contributed by atoms with Crippen molar-refractivity contribution in [2.24, 2.45) is 5.73 Å². The van der Waals surface area contributed by atoms with Gasteiger partial charge < -0.3 is 15.5 Å². The fourth-order valence-corrected chi connectivity index (χ4v) is 1.31. The molecular formula is C9H9N3O2. The largest absolute Gasteiger partial charge is 0.468 e. The lowest BCUT2D eigenvalue weighted by molar-refractivity contribution is 0.100. The Labute approximate surface area is 79.9 Å². The summed E-state index contributed by atoms with van der Waals surface area (Å²) >= 11 is 0. The van der Waals surface area contributed by atoms with Crippen LogP contribution in [0.3, 0.4) is 0 Å². The Morgan fingerprint density at radius 3 is 3.00 bits per heavy atom. The first-order chi connectivity index (χ1) is 6.72. The van der Waals surface area contributed by atoms with E-state index in [-0.39, 0.29) is 0 Å². The van der Waals surface area contributed by atoms with E-state index in [1.807, 2.05) is 0 Å². The number of nitrogens with one attached hydrogen (secondary N) is 1. The number of nitrogens with zero attached hydrogens (tertiary/aromatic N) is 1. The van der Waals surface area contributed by atoms with Crippen LogP contribution < -0.4 is 10.5 Å². The van der Waals surface area contributed by atoms with Gasteiger partial charge in [0.1, 0.15) is 5.52 Å². The molecule has 3 N–H and O–H groups in total. The van der Waals surface area contributed by atoms with E-state index in [0.717, 1.165) is 5.52 Å². The van der Waals surface area contributed by atoms with Gasteiger partial charge in [0.25, 0.3) is 11.9 Å². The average Bonchev–Trinajstić information content (AvgIpc) is 2.59. The number of aromatic amines is 1. The highest BCUT2D eigenvalue weighted by molar-refractivity contribution is 6.04. The molecule has 72 valence electrons. The van der Waals surface area contributed by atoms with E-state index >= 15 is 0 Å². The number of carbonyl (C=O) groups is 1. The van der Waals surface area contributed by atoms with Crippen molar-refractivity contribution in [2.45, 2.75) is 0 Å². The van der Waals surface area contributed by atoms with Crippen LogP contribution in [-0.4, -0.2) is 23.0 Å². The molecule has 14 heavy (non-hydrogen) atoms. The molecule has 2 aromatic rings. The summed E-state index contributed by atoms with van der Waals surface area (Å²) in [5.41, 5.74) is 6.86. The fraction of sp³-hybridized carbons (Fsp3) is 0.111. The van der Waals surface area contributed by atoms with Crippen LogP contribution in [0.1, 0.15) is 10.4 Å². The van der Waals surface area contributed by atoms with Gasteiger partial charge in [0.2, 0.25) is 0 Å². The molecule has 5 heteroatoms. The highest BCUT2D eigenvalue weighted by atomic mass is 16.5. The maximum absolute atomic E-state index is 11.0. The van der Waals surface area contributed by atoms with Crippen molar-refractivity contribution in [1.29, 1.82) is 0 Å². The molecule has 0 bridgehead atoms. The van der Waals surface area contributed by atoms with Crippen LogP contribution >= 0.6 is 0 Å². The first kappa shape index (κ1) is 8.55. The van der Waals surface area contributed by atoms with Gasteiger partial charge >= 0.3 is 0 Å².